The van der Waals surface area contributed by atoms with E-state index in [4.69, 9.17) is 9.47 Å². The van der Waals surface area contributed by atoms with E-state index >= 15 is 0 Å². The molecule has 56 heavy (non-hydrogen) atoms. The minimum Gasteiger partial charge on any atom is -0.467 e. The summed E-state index contributed by atoms with van der Waals surface area (Å²) in [4.78, 5) is 100. The van der Waals surface area contributed by atoms with Crippen LogP contribution in [0.2, 0.25) is 0 Å². The molecule has 4 atom stereocenters. The Bertz CT molecular complexity index is 1840. The van der Waals surface area contributed by atoms with E-state index in [0.29, 0.717) is 11.4 Å². The number of amides is 4. The first kappa shape index (κ1) is 43.4. The number of nitrogens with one attached hydrogen (secondary N) is 6. The fraction of sp³-hybridized carbons (Fsp3) is 0.316. The van der Waals surface area contributed by atoms with E-state index in [9.17, 15) is 38.4 Å². The third-order valence-electron chi connectivity index (χ3n) is 8.11. The van der Waals surface area contributed by atoms with Crippen molar-refractivity contribution in [3.05, 3.63) is 82.9 Å². The van der Waals surface area contributed by atoms with Gasteiger partial charge in [-0.05, 0) is 88.4 Å². The summed E-state index contributed by atoms with van der Waals surface area (Å²) < 4.78 is 18.7. The van der Waals surface area contributed by atoms with Gasteiger partial charge in [-0.2, -0.15) is 0 Å². The standard InChI is InChI=1S/C38H44N6O12/c1-19(35(49)53-5)39-31(45)23-9-15-27(33(47)41-21(3)37(51)55-7)29(17-23)43-25-11-13-26(14-12-25)44-30-18-24(32(46)40-20(2)36(50)54-6)10-16-28(30)34(48)42-22(4)38(52)56-8/h9-22,43-44H,1-8H3,(H,39,45)(H,40,46)(H,41,47)(H,42,48)/t19-,20-,21-,22-/m0/s1. The highest BCUT2D eigenvalue weighted by Crippen LogP contribution is 2.27. The van der Waals surface area contributed by atoms with E-state index in [2.05, 4.69) is 41.4 Å². The Kier molecular flexibility index (Phi) is 15.4. The maximum absolute atomic E-state index is 13.3. The van der Waals surface area contributed by atoms with E-state index in [1.807, 2.05) is 0 Å². The van der Waals surface area contributed by atoms with Crippen LogP contribution in [-0.2, 0) is 38.1 Å². The summed E-state index contributed by atoms with van der Waals surface area (Å²) in [6, 6.07) is 10.8. The molecule has 0 spiro atoms. The van der Waals surface area contributed by atoms with Crippen molar-refractivity contribution in [3.8, 4) is 0 Å². The van der Waals surface area contributed by atoms with Gasteiger partial charge in [0.15, 0.2) is 0 Å². The molecular formula is C38H44N6O12. The summed E-state index contributed by atoms with van der Waals surface area (Å²) >= 11 is 0. The molecule has 0 unspecified atom stereocenters. The van der Waals surface area contributed by atoms with Gasteiger partial charge < -0.3 is 50.8 Å². The maximum atomic E-state index is 13.3. The molecule has 3 rings (SSSR count). The van der Waals surface area contributed by atoms with Crippen LogP contribution in [0, 0.1) is 0 Å². The van der Waals surface area contributed by atoms with Crippen LogP contribution in [0.15, 0.2) is 60.7 Å². The van der Waals surface area contributed by atoms with E-state index in [1.54, 1.807) is 24.3 Å². The Morgan fingerprint density at radius 2 is 0.679 bits per heavy atom. The molecule has 4 amide bonds. The summed E-state index contributed by atoms with van der Waals surface area (Å²) in [7, 11) is 4.74. The maximum Gasteiger partial charge on any atom is 0.328 e. The lowest BCUT2D eigenvalue weighted by atomic mass is 10.1. The van der Waals surface area contributed by atoms with Gasteiger partial charge in [-0.25, -0.2) is 19.2 Å². The van der Waals surface area contributed by atoms with Crippen molar-refractivity contribution in [2.45, 2.75) is 51.9 Å². The summed E-state index contributed by atoms with van der Waals surface area (Å²) in [5.74, 6) is -5.25. The summed E-state index contributed by atoms with van der Waals surface area (Å²) in [5.41, 5.74) is 1.51. The zero-order valence-corrected chi connectivity index (χ0v) is 32.0. The molecule has 0 saturated heterocycles. The first-order valence-corrected chi connectivity index (χ1v) is 17.0. The largest absolute Gasteiger partial charge is 0.467 e. The number of rotatable bonds is 16. The number of benzene rings is 3. The fourth-order valence-corrected chi connectivity index (χ4v) is 4.97. The third-order valence-corrected chi connectivity index (χ3v) is 8.11. The SMILES string of the molecule is COC(=O)[C@H](C)NC(=O)c1ccc(C(=O)N[C@@H](C)C(=O)OC)c(Nc2ccc(Nc3cc(C(=O)N[C@@H](C)C(=O)OC)ccc3C(=O)N[C@@H](C)C(=O)OC)cc2)c1. The summed E-state index contributed by atoms with van der Waals surface area (Å²) in [6.07, 6.45) is 0. The number of ether oxygens (including phenoxy) is 4. The second-order valence-electron chi connectivity index (χ2n) is 12.2. The third kappa shape index (κ3) is 11.5. The number of hydrogen-bond donors (Lipinski definition) is 6. The highest BCUT2D eigenvalue weighted by Gasteiger charge is 2.24. The fourth-order valence-electron chi connectivity index (χ4n) is 4.97. The average Bonchev–Trinajstić information content (AvgIpc) is 3.19. The molecule has 3 aromatic carbocycles. The van der Waals surface area contributed by atoms with Crippen molar-refractivity contribution >= 4 is 70.3 Å². The van der Waals surface area contributed by atoms with Gasteiger partial charge in [0.2, 0.25) is 0 Å². The zero-order chi connectivity index (χ0) is 41.7. The Balaban J connectivity index is 1.98. The number of carbonyl (C=O) groups is 8. The predicted molar refractivity (Wildman–Crippen MR) is 202 cm³/mol. The van der Waals surface area contributed by atoms with Crippen LogP contribution in [0.5, 0.6) is 0 Å². The second kappa shape index (κ2) is 19.9. The van der Waals surface area contributed by atoms with Gasteiger partial charge in [-0.15, -0.1) is 0 Å². The minimum atomic E-state index is -0.994. The van der Waals surface area contributed by atoms with Crippen LogP contribution in [0.4, 0.5) is 22.7 Å². The molecule has 0 aliphatic carbocycles. The number of esters is 4. The molecule has 0 aliphatic rings. The quantitative estimate of drug-likeness (QED) is 0.0904. The number of methoxy groups -OCH3 is 4. The van der Waals surface area contributed by atoms with Crippen molar-refractivity contribution in [2.75, 3.05) is 39.1 Å². The predicted octanol–water partition coefficient (Wildman–Crippen LogP) is 2.34. The zero-order valence-electron chi connectivity index (χ0n) is 32.0. The van der Waals surface area contributed by atoms with Gasteiger partial charge in [0.25, 0.3) is 23.6 Å². The van der Waals surface area contributed by atoms with Crippen molar-refractivity contribution < 1.29 is 57.3 Å². The molecule has 298 valence electrons. The molecule has 0 aromatic heterocycles. The molecular weight excluding hydrogens is 732 g/mol. The highest BCUT2D eigenvalue weighted by molar-refractivity contribution is 6.06. The van der Waals surface area contributed by atoms with E-state index in [-0.39, 0.29) is 33.6 Å². The van der Waals surface area contributed by atoms with Crippen molar-refractivity contribution in [2.24, 2.45) is 0 Å². The van der Waals surface area contributed by atoms with Gasteiger partial charge in [-0.3, -0.25) is 19.2 Å². The second-order valence-corrected chi connectivity index (χ2v) is 12.2. The molecule has 0 heterocycles. The van der Waals surface area contributed by atoms with Gasteiger partial charge in [0.05, 0.1) is 50.9 Å². The van der Waals surface area contributed by atoms with Crippen LogP contribution in [-0.4, -0.2) is 100 Å². The molecule has 0 radical (unpaired) electrons. The molecule has 0 saturated carbocycles. The summed E-state index contributed by atoms with van der Waals surface area (Å²) in [6.45, 7) is 5.78. The number of anilines is 4. The Labute approximate surface area is 322 Å². The molecule has 0 bridgehead atoms. The normalized spacial score (nSPS) is 12.6. The average molecular weight is 777 g/mol. The molecule has 3 aromatic rings. The van der Waals surface area contributed by atoms with Gasteiger partial charge in [0, 0.05) is 22.5 Å². The summed E-state index contributed by atoms with van der Waals surface area (Å²) in [5, 5.41) is 16.3. The van der Waals surface area contributed by atoms with Gasteiger partial charge in [0.1, 0.15) is 24.2 Å². The van der Waals surface area contributed by atoms with Crippen molar-refractivity contribution in [1.82, 2.24) is 21.3 Å². The topological polar surface area (TPSA) is 246 Å². The lowest BCUT2D eigenvalue weighted by molar-refractivity contribution is -0.143. The number of hydrogen-bond acceptors (Lipinski definition) is 14. The Hall–Kier alpha value is -6.98. The van der Waals surface area contributed by atoms with Crippen molar-refractivity contribution in [3.63, 3.8) is 0 Å². The highest BCUT2D eigenvalue weighted by atomic mass is 16.5. The van der Waals surface area contributed by atoms with Crippen LogP contribution in [0.1, 0.15) is 69.1 Å². The van der Waals surface area contributed by atoms with Crippen molar-refractivity contribution in [1.29, 1.82) is 0 Å². The van der Waals surface area contributed by atoms with Crippen LogP contribution < -0.4 is 31.9 Å². The van der Waals surface area contributed by atoms with Crippen LogP contribution in [0.25, 0.3) is 0 Å². The first-order valence-electron chi connectivity index (χ1n) is 17.0. The lowest BCUT2D eigenvalue weighted by Crippen LogP contribution is -2.40. The van der Waals surface area contributed by atoms with E-state index in [1.165, 1.54) is 92.5 Å². The van der Waals surface area contributed by atoms with Gasteiger partial charge in [-0.1, -0.05) is 0 Å². The molecule has 0 aliphatic heterocycles. The minimum absolute atomic E-state index is 0.0639. The lowest BCUT2D eigenvalue weighted by Gasteiger charge is -2.18. The monoisotopic (exact) mass is 776 g/mol. The number of carbonyl (C=O) groups excluding carboxylic acids is 8. The molecule has 0 fully saturated rings. The van der Waals surface area contributed by atoms with E-state index in [0.717, 1.165) is 0 Å². The smallest absolute Gasteiger partial charge is 0.328 e. The van der Waals surface area contributed by atoms with E-state index < -0.39 is 71.7 Å². The molecule has 18 heteroatoms. The van der Waals surface area contributed by atoms with Gasteiger partial charge >= 0.3 is 23.9 Å². The first-order chi connectivity index (χ1) is 26.5. The molecule has 18 nitrogen and oxygen atoms in total. The molecule has 6 N–H and O–H groups in total. The Morgan fingerprint density at radius 1 is 0.411 bits per heavy atom. The van der Waals surface area contributed by atoms with Crippen LogP contribution in [0.3, 0.4) is 0 Å². The van der Waals surface area contributed by atoms with Crippen LogP contribution >= 0.6 is 0 Å². The Morgan fingerprint density at radius 3 is 0.946 bits per heavy atom.